The van der Waals surface area contributed by atoms with E-state index in [0.717, 1.165) is 22.4 Å². The number of Topliss-reactive ketones (excluding diaryl/α,β-unsaturated/α-hetero) is 1. The van der Waals surface area contributed by atoms with Gasteiger partial charge in [0.1, 0.15) is 5.75 Å². The van der Waals surface area contributed by atoms with Crippen LogP contribution in [0.3, 0.4) is 0 Å². The average Bonchev–Trinajstić information content (AvgIpc) is 2.28. The van der Waals surface area contributed by atoms with Crippen molar-refractivity contribution in [1.82, 2.24) is 0 Å². The summed E-state index contributed by atoms with van der Waals surface area (Å²) in [7, 11) is 1.62. The van der Waals surface area contributed by atoms with Gasteiger partial charge in [0, 0.05) is 18.4 Å². The Morgan fingerprint density at radius 1 is 1.29 bits per heavy atom. The van der Waals surface area contributed by atoms with Crippen LogP contribution in [-0.2, 0) is 0 Å². The van der Waals surface area contributed by atoms with E-state index in [4.69, 9.17) is 22.7 Å². The standard InChI is InChI=1S/C13H17NO2S/c1-8-7-12(16-3)9(2)6-10(8)11(15)4-5-13(14)17/h6-7H,4-5H2,1-3H3,(H2,14,17). The minimum atomic E-state index is 0.0704. The van der Waals surface area contributed by atoms with Gasteiger partial charge in [-0.15, -0.1) is 0 Å². The molecule has 1 rings (SSSR count). The average molecular weight is 251 g/mol. The van der Waals surface area contributed by atoms with E-state index in [-0.39, 0.29) is 5.78 Å². The first kappa shape index (κ1) is 13.6. The summed E-state index contributed by atoms with van der Waals surface area (Å²) in [6, 6.07) is 3.74. The van der Waals surface area contributed by atoms with Crippen molar-refractivity contribution in [3.05, 3.63) is 28.8 Å². The molecule has 0 atom stereocenters. The molecule has 0 radical (unpaired) electrons. The van der Waals surface area contributed by atoms with Crippen LogP contribution in [0.1, 0.15) is 34.3 Å². The number of aryl methyl sites for hydroxylation is 2. The molecule has 0 aromatic heterocycles. The first-order valence-corrected chi connectivity index (χ1v) is 5.83. The number of thiocarbonyl (C=S) groups is 1. The zero-order valence-corrected chi connectivity index (χ0v) is 11.2. The first-order valence-electron chi connectivity index (χ1n) is 5.42. The number of ether oxygens (including phenoxy) is 1. The molecular weight excluding hydrogens is 234 g/mol. The Morgan fingerprint density at radius 3 is 2.47 bits per heavy atom. The molecule has 0 spiro atoms. The molecule has 92 valence electrons. The second kappa shape index (κ2) is 5.77. The minimum Gasteiger partial charge on any atom is -0.496 e. The van der Waals surface area contributed by atoms with Gasteiger partial charge < -0.3 is 10.5 Å². The highest BCUT2D eigenvalue weighted by Crippen LogP contribution is 2.23. The van der Waals surface area contributed by atoms with Gasteiger partial charge in [0.2, 0.25) is 0 Å². The van der Waals surface area contributed by atoms with E-state index in [9.17, 15) is 4.79 Å². The Bertz CT molecular complexity index is 455. The number of ketones is 1. The third kappa shape index (κ3) is 3.53. The number of methoxy groups -OCH3 is 1. The smallest absolute Gasteiger partial charge is 0.163 e. The lowest BCUT2D eigenvalue weighted by atomic mass is 9.98. The van der Waals surface area contributed by atoms with Crippen molar-refractivity contribution in [3.63, 3.8) is 0 Å². The van der Waals surface area contributed by atoms with Crippen LogP contribution in [0.4, 0.5) is 0 Å². The normalized spacial score (nSPS) is 10.1. The van der Waals surface area contributed by atoms with Gasteiger partial charge >= 0.3 is 0 Å². The van der Waals surface area contributed by atoms with Gasteiger partial charge in [-0.05, 0) is 37.1 Å². The van der Waals surface area contributed by atoms with E-state index in [0.29, 0.717) is 17.8 Å². The van der Waals surface area contributed by atoms with Gasteiger partial charge in [-0.2, -0.15) is 0 Å². The van der Waals surface area contributed by atoms with E-state index >= 15 is 0 Å². The molecule has 2 N–H and O–H groups in total. The topological polar surface area (TPSA) is 52.3 Å². The lowest BCUT2D eigenvalue weighted by Gasteiger charge is -2.10. The van der Waals surface area contributed by atoms with E-state index in [2.05, 4.69) is 0 Å². The Balaban J connectivity index is 2.94. The Kier molecular flexibility index (Phi) is 4.63. The molecule has 0 saturated carbocycles. The first-order chi connectivity index (χ1) is 7.95. The maximum atomic E-state index is 12.0. The summed E-state index contributed by atoms with van der Waals surface area (Å²) in [5, 5.41) is 0. The highest BCUT2D eigenvalue weighted by molar-refractivity contribution is 7.80. The van der Waals surface area contributed by atoms with Gasteiger partial charge in [0.15, 0.2) is 5.78 Å². The summed E-state index contributed by atoms with van der Waals surface area (Å²) < 4.78 is 5.21. The van der Waals surface area contributed by atoms with Crippen LogP contribution in [0.25, 0.3) is 0 Å². The molecule has 4 heteroatoms. The van der Waals surface area contributed by atoms with Crippen LogP contribution in [0.5, 0.6) is 5.75 Å². The van der Waals surface area contributed by atoms with Gasteiger partial charge in [-0.1, -0.05) is 12.2 Å². The van der Waals surface area contributed by atoms with Gasteiger partial charge in [-0.25, -0.2) is 0 Å². The Labute approximate surface area is 107 Å². The molecule has 0 fully saturated rings. The summed E-state index contributed by atoms with van der Waals surface area (Å²) in [5.41, 5.74) is 7.99. The fourth-order valence-corrected chi connectivity index (χ4v) is 1.78. The van der Waals surface area contributed by atoms with E-state index in [1.165, 1.54) is 0 Å². The van der Waals surface area contributed by atoms with Gasteiger partial charge in [0.25, 0.3) is 0 Å². The second-order valence-electron chi connectivity index (χ2n) is 4.03. The SMILES string of the molecule is COc1cc(C)c(C(=O)CCC(N)=S)cc1C. The van der Waals surface area contributed by atoms with Crippen molar-refractivity contribution >= 4 is 23.0 Å². The molecule has 0 amide bonds. The number of rotatable bonds is 5. The number of nitrogens with two attached hydrogens (primary N) is 1. The van der Waals surface area contributed by atoms with Crippen molar-refractivity contribution in [2.45, 2.75) is 26.7 Å². The van der Waals surface area contributed by atoms with Crippen molar-refractivity contribution in [2.24, 2.45) is 5.73 Å². The Hall–Kier alpha value is -1.42. The third-order valence-electron chi connectivity index (χ3n) is 2.64. The fourth-order valence-electron chi connectivity index (χ4n) is 1.68. The van der Waals surface area contributed by atoms with Gasteiger partial charge in [-0.3, -0.25) is 4.79 Å². The molecule has 0 unspecified atom stereocenters. The number of hydrogen-bond donors (Lipinski definition) is 1. The maximum absolute atomic E-state index is 12.0. The van der Waals surface area contributed by atoms with Crippen molar-refractivity contribution in [3.8, 4) is 5.75 Å². The molecule has 0 bridgehead atoms. The summed E-state index contributed by atoms with van der Waals surface area (Å²) in [4.78, 5) is 12.3. The van der Waals surface area contributed by atoms with Gasteiger partial charge in [0.05, 0.1) is 12.1 Å². The van der Waals surface area contributed by atoms with Crippen LogP contribution in [0.15, 0.2) is 12.1 Å². The number of benzene rings is 1. The van der Waals surface area contributed by atoms with E-state index in [1.54, 1.807) is 7.11 Å². The fraction of sp³-hybridized carbons (Fsp3) is 0.385. The molecule has 0 aliphatic heterocycles. The quantitative estimate of drug-likeness (QED) is 0.645. The lowest BCUT2D eigenvalue weighted by molar-refractivity contribution is 0.0984. The molecule has 0 aliphatic carbocycles. The molecule has 0 aliphatic rings. The van der Waals surface area contributed by atoms with Crippen molar-refractivity contribution in [1.29, 1.82) is 0 Å². The van der Waals surface area contributed by atoms with Crippen LogP contribution in [0, 0.1) is 13.8 Å². The third-order valence-corrected chi connectivity index (χ3v) is 2.84. The summed E-state index contributed by atoms with van der Waals surface area (Å²) in [6.07, 6.45) is 0.820. The van der Waals surface area contributed by atoms with Crippen molar-refractivity contribution in [2.75, 3.05) is 7.11 Å². The molecule has 3 nitrogen and oxygen atoms in total. The maximum Gasteiger partial charge on any atom is 0.163 e. The van der Waals surface area contributed by atoms with Crippen LogP contribution >= 0.6 is 12.2 Å². The van der Waals surface area contributed by atoms with Crippen molar-refractivity contribution < 1.29 is 9.53 Å². The highest BCUT2D eigenvalue weighted by atomic mass is 32.1. The molecule has 0 heterocycles. The second-order valence-corrected chi connectivity index (χ2v) is 4.55. The molecular formula is C13H17NO2S. The molecule has 1 aromatic rings. The number of carbonyl (C=O) groups excluding carboxylic acids is 1. The minimum absolute atomic E-state index is 0.0704. The lowest BCUT2D eigenvalue weighted by Crippen LogP contribution is -2.11. The zero-order valence-electron chi connectivity index (χ0n) is 10.4. The predicted octanol–water partition coefficient (Wildman–Crippen LogP) is 2.56. The predicted molar refractivity (Wildman–Crippen MR) is 72.8 cm³/mol. The van der Waals surface area contributed by atoms with E-state index in [1.807, 2.05) is 26.0 Å². The van der Waals surface area contributed by atoms with Crippen LogP contribution in [-0.4, -0.2) is 17.9 Å². The van der Waals surface area contributed by atoms with E-state index < -0.39 is 0 Å². The summed E-state index contributed by atoms with van der Waals surface area (Å²) in [5.74, 6) is 0.870. The molecule has 0 saturated heterocycles. The zero-order chi connectivity index (χ0) is 13.0. The number of hydrogen-bond acceptors (Lipinski definition) is 3. The number of carbonyl (C=O) groups is 1. The summed E-state index contributed by atoms with van der Waals surface area (Å²) in [6.45, 7) is 3.82. The molecule has 1 aromatic carbocycles. The monoisotopic (exact) mass is 251 g/mol. The van der Waals surface area contributed by atoms with Crippen LogP contribution < -0.4 is 10.5 Å². The summed E-state index contributed by atoms with van der Waals surface area (Å²) >= 11 is 4.77. The highest BCUT2D eigenvalue weighted by Gasteiger charge is 2.12. The van der Waals surface area contributed by atoms with Crippen LogP contribution in [0.2, 0.25) is 0 Å². The Morgan fingerprint density at radius 2 is 1.94 bits per heavy atom. The molecule has 17 heavy (non-hydrogen) atoms. The largest absolute Gasteiger partial charge is 0.496 e.